The Morgan fingerprint density at radius 2 is 2.13 bits per heavy atom. The molecule has 0 spiro atoms. The van der Waals surface area contributed by atoms with Crippen molar-refractivity contribution in [2.24, 2.45) is 4.99 Å². The number of alkyl halides is 1. The molecule has 0 saturated carbocycles. The van der Waals surface area contributed by atoms with E-state index in [1.54, 1.807) is 13.3 Å². The second kappa shape index (κ2) is 6.43. The van der Waals surface area contributed by atoms with E-state index in [-0.39, 0.29) is 5.88 Å². The van der Waals surface area contributed by atoms with Crippen molar-refractivity contribution in [3.63, 3.8) is 0 Å². The van der Waals surface area contributed by atoms with Crippen LogP contribution in [0.4, 0.5) is 0 Å². The van der Waals surface area contributed by atoms with Crippen molar-refractivity contribution in [2.45, 2.75) is 6.10 Å². The van der Waals surface area contributed by atoms with Crippen LogP contribution in [-0.4, -0.2) is 37.0 Å². The second-order valence-corrected chi connectivity index (χ2v) is 3.38. The number of benzene rings is 1. The highest BCUT2D eigenvalue weighted by Crippen LogP contribution is 2.09. The molecule has 4 heteroatoms. The zero-order valence-corrected chi connectivity index (χ0v) is 9.31. The minimum absolute atomic E-state index is 0.208. The zero-order valence-electron chi connectivity index (χ0n) is 8.56. The predicted octanol–water partition coefficient (Wildman–Crippen LogP) is 1.71. The topological polar surface area (TPSA) is 41.8 Å². The van der Waals surface area contributed by atoms with Gasteiger partial charge in [-0.25, -0.2) is 0 Å². The number of aliphatic imine (C=N–C) groups is 1. The molecule has 1 atom stereocenters. The summed E-state index contributed by atoms with van der Waals surface area (Å²) >= 11 is 5.43. The summed E-state index contributed by atoms with van der Waals surface area (Å²) in [6, 6.07) is 7.52. The van der Waals surface area contributed by atoms with Crippen LogP contribution >= 0.6 is 11.6 Å². The van der Waals surface area contributed by atoms with Crippen molar-refractivity contribution >= 4 is 17.8 Å². The van der Waals surface area contributed by atoms with E-state index >= 15 is 0 Å². The highest BCUT2D eigenvalue weighted by Gasteiger charge is 1.97. The van der Waals surface area contributed by atoms with Gasteiger partial charge in [0.2, 0.25) is 0 Å². The summed E-state index contributed by atoms with van der Waals surface area (Å²) < 4.78 is 5.03. The van der Waals surface area contributed by atoms with E-state index in [0.29, 0.717) is 6.54 Å². The first-order chi connectivity index (χ1) is 7.26. The predicted molar refractivity (Wildman–Crippen MR) is 62.2 cm³/mol. The monoisotopic (exact) mass is 227 g/mol. The molecular weight excluding hydrogens is 214 g/mol. The molecule has 0 aliphatic carbocycles. The van der Waals surface area contributed by atoms with Crippen LogP contribution in [0.25, 0.3) is 0 Å². The lowest BCUT2D eigenvalue weighted by Crippen LogP contribution is -2.12. The number of hydrogen-bond donors (Lipinski definition) is 1. The lowest BCUT2D eigenvalue weighted by molar-refractivity contribution is 0.207. The minimum atomic E-state index is -0.568. The van der Waals surface area contributed by atoms with Gasteiger partial charge >= 0.3 is 0 Å². The Morgan fingerprint density at radius 1 is 1.47 bits per heavy atom. The van der Waals surface area contributed by atoms with E-state index in [9.17, 15) is 0 Å². The maximum atomic E-state index is 9.15. The van der Waals surface area contributed by atoms with Crippen molar-refractivity contribution in [3.8, 4) is 5.75 Å². The lowest BCUT2D eigenvalue weighted by atomic mass is 10.2. The molecule has 0 amide bonds. The van der Waals surface area contributed by atoms with E-state index < -0.39 is 6.10 Å². The molecule has 1 rings (SSSR count). The van der Waals surface area contributed by atoms with Gasteiger partial charge in [0.15, 0.2) is 0 Å². The fraction of sp³-hybridized carbons (Fsp3) is 0.364. The standard InChI is InChI=1S/C11H14ClNO2/c1-15-11-4-2-9(3-5-11)7-13-8-10(14)6-12/h2-5,7,10,14H,6,8H2,1H3/t10-/m1/s1. The minimum Gasteiger partial charge on any atom is -0.497 e. The van der Waals surface area contributed by atoms with Gasteiger partial charge in [0.1, 0.15) is 5.75 Å². The Labute approximate surface area is 94.4 Å². The van der Waals surface area contributed by atoms with Crippen molar-refractivity contribution in [3.05, 3.63) is 29.8 Å². The Kier molecular flexibility index (Phi) is 5.15. The average molecular weight is 228 g/mol. The molecular formula is C11H14ClNO2. The Hall–Kier alpha value is -1.06. The molecule has 15 heavy (non-hydrogen) atoms. The molecule has 0 bridgehead atoms. The van der Waals surface area contributed by atoms with Crippen molar-refractivity contribution in [1.29, 1.82) is 0 Å². The summed E-state index contributed by atoms with van der Waals surface area (Å²) in [6.07, 6.45) is 1.14. The molecule has 82 valence electrons. The summed E-state index contributed by atoms with van der Waals surface area (Å²) in [7, 11) is 1.62. The van der Waals surface area contributed by atoms with Gasteiger partial charge in [0.05, 0.1) is 25.6 Å². The van der Waals surface area contributed by atoms with Crippen LogP contribution in [0.15, 0.2) is 29.3 Å². The first kappa shape index (κ1) is 12.0. The van der Waals surface area contributed by atoms with Crippen LogP contribution in [0.2, 0.25) is 0 Å². The molecule has 0 heterocycles. The number of methoxy groups -OCH3 is 1. The number of aliphatic hydroxyl groups excluding tert-OH is 1. The van der Waals surface area contributed by atoms with Crippen molar-refractivity contribution in [1.82, 2.24) is 0 Å². The van der Waals surface area contributed by atoms with Crippen molar-refractivity contribution < 1.29 is 9.84 Å². The smallest absolute Gasteiger partial charge is 0.118 e. The lowest BCUT2D eigenvalue weighted by Gasteiger charge is -2.01. The molecule has 3 nitrogen and oxygen atoms in total. The van der Waals surface area contributed by atoms with Crippen molar-refractivity contribution in [2.75, 3.05) is 19.5 Å². The van der Waals surface area contributed by atoms with Gasteiger partial charge in [-0.3, -0.25) is 4.99 Å². The summed E-state index contributed by atoms with van der Waals surface area (Å²) in [5.74, 6) is 1.02. The molecule has 0 saturated heterocycles. The van der Waals surface area contributed by atoms with Gasteiger partial charge in [0.25, 0.3) is 0 Å². The van der Waals surface area contributed by atoms with Gasteiger partial charge < -0.3 is 9.84 Å². The van der Waals surface area contributed by atoms with Crippen LogP contribution in [0.5, 0.6) is 5.75 Å². The zero-order chi connectivity index (χ0) is 11.1. The quantitative estimate of drug-likeness (QED) is 0.615. The normalized spacial score (nSPS) is 13.0. The van der Waals surface area contributed by atoms with E-state index in [2.05, 4.69) is 4.99 Å². The Balaban J connectivity index is 2.49. The van der Waals surface area contributed by atoms with E-state index in [1.807, 2.05) is 24.3 Å². The summed E-state index contributed by atoms with van der Waals surface area (Å²) in [6.45, 7) is 0.329. The first-order valence-corrected chi connectivity index (χ1v) is 5.17. The fourth-order valence-corrected chi connectivity index (χ4v) is 1.12. The van der Waals surface area contributed by atoms with Crippen LogP contribution in [0, 0.1) is 0 Å². The molecule has 0 aliphatic rings. The maximum Gasteiger partial charge on any atom is 0.118 e. The molecule has 1 N–H and O–H groups in total. The third kappa shape index (κ3) is 4.32. The van der Waals surface area contributed by atoms with Gasteiger partial charge in [-0.15, -0.1) is 11.6 Å². The number of aliphatic hydroxyl groups is 1. The molecule has 0 unspecified atom stereocenters. The number of halogens is 1. The van der Waals surface area contributed by atoms with Crippen LogP contribution < -0.4 is 4.74 Å². The Bertz CT molecular complexity index is 311. The highest BCUT2D eigenvalue weighted by molar-refractivity contribution is 6.18. The van der Waals surface area contributed by atoms with Gasteiger partial charge in [-0.1, -0.05) is 0 Å². The summed E-state index contributed by atoms with van der Waals surface area (Å²) in [5.41, 5.74) is 0.970. The van der Waals surface area contributed by atoms with Gasteiger partial charge in [-0.05, 0) is 29.8 Å². The molecule has 1 aromatic carbocycles. The SMILES string of the molecule is COc1ccc(C=NC[C@H](O)CCl)cc1. The summed E-state index contributed by atoms with van der Waals surface area (Å²) in [4.78, 5) is 4.07. The number of nitrogens with zero attached hydrogens (tertiary/aromatic N) is 1. The molecule has 0 aliphatic heterocycles. The number of hydrogen-bond acceptors (Lipinski definition) is 3. The third-order valence-corrected chi connectivity index (χ3v) is 2.21. The number of rotatable bonds is 5. The summed E-state index contributed by atoms with van der Waals surface area (Å²) in [5, 5.41) is 9.15. The van der Waals surface area contributed by atoms with Crippen LogP contribution in [-0.2, 0) is 0 Å². The van der Waals surface area contributed by atoms with E-state index in [1.165, 1.54) is 0 Å². The molecule has 0 radical (unpaired) electrons. The molecule has 1 aromatic rings. The van der Waals surface area contributed by atoms with Gasteiger partial charge in [0, 0.05) is 6.21 Å². The third-order valence-electron chi connectivity index (χ3n) is 1.85. The first-order valence-electron chi connectivity index (χ1n) is 4.64. The largest absolute Gasteiger partial charge is 0.497 e. The van der Waals surface area contributed by atoms with E-state index in [4.69, 9.17) is 21.4 Å². The second-order valence-electron chi connectivity index (χ2n) is 3.08. The van der Waals surface area contributed by atoms with E-state index in [0.717, 1.165) is 11.3 Å². The fourth-order valence-electron chi connectivity index (χ4n) is 1.02. The molecule has 0 fully saturated rings. The van der Waals surface area contributed by atoms with Crippen LogP contribution in [0.1, 0.15) is 5.56 Å². The maximum absolute atomic E-state index is 9.15. The Morgan fingerprint density at radius 3 is 2.67 bits per heavy atom. The van der Waals surface area contributed by atoms with Crippen LogP contribution in [0.3, 0.4) is 0 Å². The molecule has 0 aromatic heterocycles. The highest BCUT2D eigenvalue weighted by atomic mass is 35.5. The van der Waals surface area contributed by atoms with Gasteiger partial charge in [-0.2, -0.15) is 0 Å². The number of ether oxygens (including phenoxy) is 1. The average Bonchev–Trinajstić information content (AvgIpc) is 2.29.